The standard InChI is InChI=1S/C6H9N5S2/c1-5-9-6(13-10-5)12-4-2-3-8-11-7/h2-4H2,1H3. The first-order valence-electron chi connectivity index (χ1n) is 3.77. The monoisotopic (exact) mass is 215 g/mol. The lowest BCUT2D eigenvalue weighted by molar-refractivity contribution is 0.931. The molecule has 13 heavy (non-hydrogen) atoms. The Bertz CT molecular complexity index is 304. The molecule has 0 saturated heterocycles. The van der Waals surface area contributed by atoms with Gasteiger partial charge in [0.1, 0.15) is 5.82 Å². The minimum atomic E-state index is 0.557. The predicted octanol–water partition coefficient (Wildman–Crippen LogP) is 2.64. The van der Waals surface area contributed by atoms with E-state index in [1.807, 2.05) is 6.92 Å². The summed E-state index contributed by atoms with van der Waals surface area (Å²) in [5.41, 5.74) is 8.02. The molecule has 7 heteroatoms. The lowest BCUT2D eigenvalue weighted by atomic mass is 10.5. The van der Waals surface area contributed by atoms with Crippen molar-refractivity contribution in [2.24, 2.45) is 5.11 Å². The highest BCUT2D eigenvalue weighted by Gasteiger charge is 1.99. The van der Waals surface area contributed by atoms with Crippen LogP contribution in [-0.4, -0.2) is 21.7 Å². The van der Waals surface area contributed by atoms with E-state index in [9.17, 15) is 0 Å². The van der Waals surface area contributed by atoms with Crippen LogP contribution in [-0.2, 0) is 0 Å². The summed E-state index contributed by atoms with van der Waals surface area (Å²) in [6.45, 7) is 2.43. The number of aryl methyl sites for hydroxylation is 1. The molecule has 0 aromatic carbocycles. The third-order valence-corrected chi connectivity index (χ3v) is 3.21. The van der Waals surface area contributed by atoms with E-state index in [1.54, 1.807) is 11.8 Å². The van der Waals surface area contributed by atoms with Crippen molar-refractivity contribution in [1.82, 2.24) is 9.36 Å². The molecule has 0 radical (unpaired) electrons. The summed E-state index contributed by atoms with van der Waals surface area (Å²) in [4.78, 5) is 6.87. The van der Waals surface area contributed by atoms with Gasteiger partial charge in [0.2, 0.25) is 0 Å². The summed E-state index contributed by atoms with van der Waals surface area (Å²) >= 11 is 3.07. The van der Waals surface area contributed by atoms with Gasteiger partial charge in [-0.3, -0.25) is 0 Å². The molecule has 1 heterocycles. The molecule has 0 N–H and O–H groups in total. The fourth-order valence-electron chi connectivity index (χ4n) is 0.676. The van der Waals surface area contributed by atoms with Crippen molar-refractivity contribution in [1.29, 1.82) is 0 Å². The first kappa shape index (κ1) is 10.3. The van der Waals surface area contributed by atoms with E-state index in [-0.39, 0.29) is 0 Å². The third kappa shape index (κ3) is 4.12. The Morgan fingerprint density at radius 1 is 1.69 bits per heavy atom. The van der Waals surface area contributed by atoms with Crippen LogP contribution in [0.2, 0.25) is 0 Å². The molecule has 0 bridgehead atoms. The highest BCUT2D eigenvalue weighted by Crippen LogP contribution is 2.20. The molecular formula is C6H9N5S2. The van der Waals surface area contributed by atoms with Gasteiger partial charge in [0.15, 0.2) is 4.34 Å². The molecule has 0 aliphatic carbocycles. The molecule has 0 fully saturated rings. The van der Waals surface area contributed by atoms with Crippen LogP contribution < -0.4 is 0 Å². The second-order valence-corrected chi connectivity index (χ2v) is 4.36. The van der Waals surface area contributed by atoms with Crippen molar-refractivity contribution in [3.8, 4) is 0 Å². The Morgan fingerprint density at radius 3 is 3.15 bits per heavy atom. The summed E-state index contributed by atoms with van der Waals surface area (Å²) in [6, 6.07) is 0. The maximum Gasteiger partial charge on any atom is 0.170 e. The van der Waals surface area contributed by atoms with E-state index in [1.165, 1.54) is 11.5 Å². The fraction of sp³-hybridized carbons (Fsp3) is 0.667. The summed E-state index contributed by atoms with van der Waals surface area (Å²) < 4.78 is 5.04. The highest BCUT2D eigenvalue weighted by atomic mass is 32.2. The molecule has 0 aliphatic heterocycles. The minimum absolute atomic E-state index is 0.557. The molecular weight excluding hydrogens is 206 g/mol. The summed E-state index contributed by atoms with van der Waals surface area (Å²) in [5, 5.41) is 3.44. The molecule has 0 aliphatic rings. The molecule has 0 saturated carbocycles. The molecule has 5 nitrogen and oxygen atoms in total. The van der Waals surface area contributed by atoms with Crippen LogP contribution in [0.25, 0.3) is 10.4 Å². The van der Waals surface area contributed by atoms with Crippen LogP contribution in [0, 0.1) is 6.92 Å². The number of aromatic nitrogens is 2. The maximum absolute atomic E-state index is 8.02. The quantitative estimate of drug-likeness (QED) is 0.249. The van der Waals surface area contributed by atoms with Crippen molar-refractivity contribution in [2.75, 3.05) is 12.3 Å². The average molecular weight is 215 g/mol. The molecule has 70 valence electrons. The van der Waals surface area contributed by atoms with Crippen LogP contribution in [0.1, 0.15) is 12.2 Å². The zero-order chi connectivity index (χ0) is 9.52. The smallest absolute Gasteiger partial charge is 0.170 e. The first-order chi connectivity index (χ1) is 6.33. The number of azide groups is 1. The number of nitrogens with zero attached hydrogens (tertiary/aromatic N) is 5. The summed E-state index contributed by atoms with van der Waals surface area (Å²) in [6.07, 6.45) is 0.882. The Labute approximate surface area is 84.4 Å². The van der Waals surface area contributed by atoms with Crippen molar-refractivity contribution in [3.05, 3.63) is 16.3 Å². The molecule has 1 aromatic heterocycles. The Morgan fingerprint density at radius 2 is 2.54 bits per heavy atom. The first-order valence-corrected chi connectivity index (χ1v) is 5.53. The number of thioether (sulfide) groups is 1. The second-order valence-electron chi connectivity index (χ2n) is 2.26. The van der Waals surface area contributed by atoms with Gasteiger partial charge in [0.25, 0.3) is 0 Å². The van der Waals surface area contributed by atoms with Gasteiger partial charge in [0, 0.05) is 17.2 Å². The van der Waals surface area contributed by atoms with Gasteiger partial charge in [-0.1, -0.05) is 16.9 Å². The van der Waals surface area contributed by atoms with Crippen molar-refractivity contribution in [3.63, 3.8) is 0 Å². The topological polar surface area (TPSA) is 74.5 Å². The Hall–Kier alpha value is -0.780. The lowest BCUT2D eigenvalue weighted by Crippen LogP contribution is -1.83. The van der Waals surface area contributed by atoms with Crippen LogP contribution >= 0.6 is 23.3 Å². The lowest BCUT2D eigenvalue weighted by Gasteiger charge is -1.92. The van der Waals surface area contributed by atoms with Gasteiger partial charge in [0.05, 0.1) is 0 Å². The van der Waals surface area contributed by atoms with E-state index in [2.05, 4.69) is 19.4 Å². The minimum Gasteiger partial charge on any atom is -0.213 e. The van der Waals surface area contributed by atoms with Gasteiger partial charge in [-0.15, -0.1) is 0 Å². The molecule has 0 unspecified atom stereocenters. The fourth-order valence-corrected chi connectivity index (χ4v) is 2.32. The predicted molar refractivity (Wildman–Crippen MR) is 54.0 cm³/mol. The van der Waals surface area contributed by atoms with E-state index in [0.29, 0.717) is 6.54 Å². The van der Waals surface area contributed by atoms with Gasteiger partial charge < -0.3 is 0 Å². The van der Waals surface area contributed by atoms with Crippen LogP contribution in [0.5, 0.6) is 0 Å². The zero-order valence-electron chi connectivity index (χ0n) is 7.17. The van der Waals surface area contributed by atoms with E-state index in [4.69, 9.17) is 5.53 Å². The van der Waals surface area contributed by atoms with Crippen molar-refractivity contribution in [2.45, 2.75) is 17.7 Å². The average Bonchev–Trinajstić information content (AvgIpc) is 2.51. The second kappa shape index (κ2) is 5.80. The van der Waals surface area contributed by atoms with Gasteiger partial charge >= 0.3 is 0 Å². The third-order valence-electron chi connectivity index (χ3n) is 1.20. The van der Waals surface area contributed by atoms with Gasteiger partial charge in [-0.2, -0.15) is 4.37 Å². The molecule has 1 rings (SSSR count). The van der Waals surface area contributed by atoms with Crippen LogP contribution in [0.15, 0.2) is 9.45 Å². The SMILES string of the molecule is Cc1nsc(SCCCN=[N+]=[N-])n1. The Kier molecular flexibility index (Phi) is 4.59. The van der Waals surface area contributed by atoms with Gasteiger partial charge in [-0.05, 0) is 30.4 Å². The van der Waals surface area contributed by atoms with Crippen molar-refractivity contribution < 1.29 is 0 Å². The van der Waals surface area contributed by atoms with Crippen molar-refractivity contribution >= 4 is 23.3 Å². The summed E-state index contributed by atoms with van der Waals surface area (Å²) in [7, 11) is 0. The van der Waals surface area contributed by atoms with E-state index >= 15 is 0 Å². The zero-order valence-corrected chi connectivity index (χ0v) is 8.81. The van der Waals surface area contributed by atoms with Crippen LogP contribution in [0.4, 0.5) is 0 Å². The van der Waals surface area contributed by atoms with Crippen LogP contribution in [0.3, 0.4) is 0 Å². The normalized spacial score (nSPS) is 9.62. The molecule has 0 atom stereocenters. The highest BCUT2D eigenvalue weighted by molar-refractivity contribution is 8.00. The number of hydrogen-bond donors (Lipinski definition) is 0. The summed E-state index contributed by atoms with van der Waals surface area (Å²) in [5.74, 6) is 1.75. The molecule has 0 spiro atoms. The van der Waals surface area contributed by atoms with E-state index < -0.39 is 0 Å². The van der Waals surface area contributed by atoms with Gasteiger partial charge in [-0.25, -0.2) is 4.98 Å². The Balaban J connectivity index is 2.16. The maximum atomic E-state index is 8.02. The molecule has 1 aromatic rings. The number of rotatable bonds is 5. The molecule has 0 amide bonds. The number of hydrogen-bond acceptors (Lipinski definition) is 5. The van der Waals surface area contributed by atoms with E-state index in [0.717, 1.165) is 22.3 Å². The largest absolute Gasteiger partial charge is 0.213 e.